The SMILES string of the molecule is Cc1nn(C)c(C)c1CCC(=O)NC1CCc2ccccc21. The number of carbonyl (C=O) groups is 1. The van der Waals surface area contributed by atoms with Gasteiger partial charge in [0.1, 0.15) is 0 Å². The number of nitrogens with zero attached hydrogens (tertiary/aromatic N) is 2. The number of benzene rings is 1. The molecule has 0 saturated carbocycles. The first kappa shape index (κ1) is 14.8. The van der Waals surface area contributed by atoms with E-state index in [0.29, 0.717) is 6.42 Å². The summed E-state index contributed by atoms with van der Waals surface area (Å²) in [4.78, 5) is 12.3. The molecule has 1 aliphatic rings. The topological polar surface area (TPSA) is 46.9 Å². The Morgan fingerprint density at radius 2 is 2.14 bits per heavy atom. The average Bonchev–Trinajstić information content (AvgIpc) is 3.00. The second-order valence-electron chi connectivity index (χ2n) is 6.13. The summed E-state index contributed by atoms with van der Waals surface area (Å²) in [6.07, 6.45) is 3.34. The summed E-state index contributed by atoms with van der Waals surface area (Å²) >= 11 is 0. The summed E-state index contributed by atoms with van der Waals surface area (Å²) in [5.41, 5.74) is 6.02. The van der Waals surface area contributed by atoms with E-state index in [1.54, 1.807) is 0 Å². The maximum Gasteiger partial charge on any atom is 0.220 e. The Morgan fingerprint density at radius 3 is 2.86 bits per heavy atom. The lowest BCUT2D eigenvalue weighted by Gasteiger charge is -2.14. The van der Waals surface area contributed by atoms with Crippen molar-refractivity contribution < 1.29 is 4.79 Å². The molecule has 2 aromatic rings. The minimum atomic E-state index is 0.129. The fourth-order valence-electron chi connectivity index (χ4n) is 3.39. The summed E-state index contributed by atoms with van der Waals surface area (Å²) in [7, 11) is 1.95. The number of aromatic nitrogens is 2. The van der Waals surface area contributed by atoms with E-state index in [4.69, 9.17) is 0 Å². The van der Waals surface area contributed by atoms with Crippen LogP contribution in [0.2, 0.25) is 0 Å². The number of nitrogens with one attached hydrogen (secondary N) is 1. The van der Waals surface area contributed by atoms with Gasteiger partial charge in [-0.3, -0.25) is 9.48 Å². The Kier molecular flexibility index (Phi) is 4.01. The number of fused-ring (bicyclic) bond motifs is 1. The van der Waals surface area contributed by atoms with Crippen molar-refractivity contribution >= 4 is 5.91 Å². The number of rotatable bonds is 4. The molecular formula is C18H23N3O. The lowest BCUT2D eigenvalue weighted by molar-refractivity contribution is -0.121. The van der Waals surface area contributed by atoms with Crippen molar-refractivity contribution in [1.82, 2.24) is 15.1 Å². The third-order valence-electron chi connectivity index (χ3n) is 4.73. The van der Waals surface area contributed by atoms with Gasteiger partial charge in [-0.1, -0.05) is 24.3 Å². The Labute approximate surface area is 131 Å². The van der Waals surface area contributed by atoms with Crippen LogP contribution in [0.4, 0.5) is 0 Å². The Bertz CT molecular complexity index is 702. The van der Waals surface area contributed by atoms with E-state index in [0.717, 1.165) is 30.7 Å². The molecule has 1 aromatic heterocycles. The lowest BCUT2D eigenvalue weighted by atomic mass is 10.1. The molecule has 0 spiro atoms. The van der Waals surface area contributed by atoms with E-state index in [9.17, 15) is 4.79 Å². The maximum atomic E-state index is 12.3. The van der Waals surface area contributed by atoms with Gasteiger partial charge in [0.25, 0.3) is 0 Å². The van der Waals surface area contributed by atoms with Gasteiger partial charge in [-0.2, -0.15) is 5.10 Å². The largest absolute Gasteiger partial charge is 0.349 e. The zero-order valence-electron chi connectivity index (χ0n) is 13.5. The lowest BCUT2D eigenvalue weighted by Crippen LogP contribution is -2.27. The zero-order valence-corrected chi connectivity index (χ0v) is 13.5. The van der Waals surface area contributed by atoms with Gasteiger partial charge < -0.3 is 5.32 Å². The highest BCUT2D eigenvalue weighted by Crippen LogP contribution is 2.30. The van der Waals surface area contributed by atoms with Crippen molar-refractivity contribution in [3.8, 4) is 0 Å². The van der Waals surface area contributed by atoms with Gasteiger partial charge in [0.05, 0.1) is 11.7 Å². The van der Waals surface area contributed by atoms with Crippen LogP contribution in [-0.2, 0) is 24.7 Å². The first-order valence-electron chi connectivity index (χ1n) is 7.92. The zero-order chi connectivity index (χ0) is 15.7. The molecule has 1 unspecified atom stereocenters. The number of aryl methyl sites for hydroxylation is 3. The fourth-order valence-corrected chi connectivity index (χ4v) is 3.39. The molecular weight excluding hydrogens is 274 g/mol. The van der Waals surface area contributed by atoms with Gasteiger partial charge in [0.15, 0.2) is 0 Å². The molecule has 0 aliphatic heterocycles. The summed E-state index contributed by atoms with van der Waals surface area (Å²) in [5, 5.41) is 7.59. The molecule has 1 atom stereocenters. The van der Waals surface area contributed by atoms with Crippen LogP contribution >= 0.6 is 0 Å². The molecule has 1 heterocycles. The molecule has 0 radical (unpaired) electrons. The number of hydrogen-bond donors (Lipinski definition) is 1. The predicted molar refractivity (Wildman–Crippen MR) is 86.6 cm³/mol. The highest BCUT2D eigenvalue weighted by molar-refractivity contribution is 5.77. The molecule has 0 fully saturated rings. The third kappa shape index (κ3) is 2.78. The molecule has 0 bridgehead atoms. The smallest absolute Gasteiger partial charge is 0.220 e. The van der Waals surface area contributed by atoms with Crippen molar-refractivity contribution in [2.45, 2.75) is 45.6 Å². The second kappa shape index (κ2) is 5.95. The second-order valence-corrected chi connectivity index (χ2v) is 6.13. The molecule has 1 N–H and O–H groups in total. The monoisotopic (exact) mass is 297 g/mol. The van der Waals surface area contributed by atoms with E-state index in [1.807, 2.05) is 24.7 Å². The van der Waals surface area contributed by atoms with Crippen molar-refractivity contribution in [2.75, 3.05) is 0 Å². The van der Waals surface area contributed by atoms with E-state index >= 15 is 0 Å². The van der Waals surface area contributed by atoms with Crippen LogP contribution in [0.3, 0.4) is 0 Å². The molecule has 4 heteroatoms. The van der Waals surface area contributed by atoms with Crippen molar-refractivity contribution in [1.29, 1.82) is 0 Å². The van der Waals surface area contributed by atoms with Crippen LogP contribution in [0, 0.1) is 13.8 Å². The van der Waals surface area contributed by atoms with Crippen LogP contribution in [0.5, 0.6) is 0 Å². The van der Waals surface area contributed by atoms with Gasteiger partial charge in [0, 0.05) is 19.2 Å². The third-order valence-corrected chi connectivity index (χ3v) is 4.73. The van der Waals surface area contributed by atoms with Crippen molar-refractivity contribution in [2.24, 2.45) is 7.05 Å². The quantitative estimate of drug-likeness (QED) is 0.943. The Balaban J connectivity index is 1.60. The average molecular weight is 297 g/mol. The summed E-state index contributed by atoms with van der Waals surface area (Å²) in [6.45, 7) is 4.06. The standard InChI is InChI=1S/C18H23N3O/c1-12-15(13(2)21(3)20-12)9-11-18(22)19-17-10-8-14-6-4-5-7-16(14)17/h4-7,17H,8-11H2,1-3H3,(H,19,22). The van der Waals surface area contributed by atoms with Gasteiger partial charge >= 0.3 is 0 Å². The normalized spacial score (nSPS) is 16.6. The van der Waals surface area contributed by atoms with Gasteiger partial charge in [0.2, 0.25) is 5.91 Å². The molecule has 116 valence electrons. The van der Waals surface area contributed by atoms with Crippen LogP contribution in [-0.4, -0.2) is 15.7 Å². The van der Waals surface area contributed by atoms with Gasteiger partial charge in [-0.25, -0.2) is 0 Å². The highest BCUT2D eigenvalue weighted by atomic mass is 16.1. The Morgan fingerprint density at radius 1 is 1.36 bits per heavy atom. The van der Waals surface area contributed by atoms with Gasteiger partial charge in [-0.15, -0.1) is 0 Å². The molecule has 4 nitrogen and oxygen atoms in total. The number of amides is 1. The minimum Gasteiger partial charge on any atom is -0.349 e. The maximum absolute atomic E-state index is 12.3. The van der Waals surface area contributed by atoms with E-state index in [1.165, 1.54) is 16.7 Å². The van der Waals surface area contributed by atoms with E-state index < -0.39 is 0 Å². The number of hydrogen-bond acceptors (Lipinski definition) is 2. The van der Waals surface area contributed by atoms with Crippen LogP contribution in [0.15, 0.2) is 24.3 Å². The molecule has 1 aliphatic carbocycles. The molecule has 1 amide bonds. The minimum absolute atomic E-state index is 0.129. The van der Waals surface area contributed by atoms with Crippen LogP contribution < -0.4 is 5.32 Å². The van der Waals surface area contributed by atoms with E-state index in [2.05, 4.69) is 35.5 Å². The predicted octanol–water partition coefficient (Wildman–Crippen LogP) is 2.77. The molecule has 3 rings (SSSR count). The number of carbonyl (C=O) groups excluding carboxylic acids is 1. The molecule has 0 saturated heterocycles. The van der Waals surface area contributed by atoms with Crippen molar-refractivity contribution in [3.63, 3.8) is 0 Å². The summed E-state index contributed by atoms with van der Waals surface area (Å²) in [5.74, 6) is 0.129. The van der Waals surface area contributed by atoms with Crippen LogP contribution in [0.25, 0.3) is 0 Å². The van der Waals surface area contributed by atoms with Gasteiger partial charge in [-0.05, 0) is 49.8 Å². The van der Waals surface area contributed by atoms with Crippen molar-refractivity contribution in [3.05, 3.63) is 52.3 Å². The first-order chi connectivity index (χ1) is 10.6. The molecule has 1 aromatic carbocycles. The highest BCUT2D eigenvalue weighted by Gasteiger charge is 2.23. The van der Waals surface area contributed by atoms with Crippen LogP contribution in [0.1, 0.15) is 47.0 Å². The Hall–Kier alpha value is -2.10. The summed E-state index contributed by atoms with van der Waals surface area (Å²) < 4.78 is 1.88. The summed E-state index contributed by atoms with van der Waals surface area (Å²) in [6, 6.07) is 8.58. The molecule has 22 heavy (non-hydrogen) atoms. The fraction of sp³-hybridized carbons (Fsp3) is 0.444. The first-order valence-corrected chi connectivity index (χ1v) is 7.92. The van der Waals surface area contributed by atoms with E-state index in [-0.39, 0.29) is 11.9 Å².